The van der Waals surface area contributed by atoms with Gasteiger partial charge >= 0.3 is 0 Å². The van der Waals surface area contributed by atoms with E-state index in [-0.39, 0.29) is 0 Å². The molecule has 26 heavy (non-hydrogen) atoms. The predicted octanol–water partition coefficient (Wildman–Crippen LogP) is 1.84. The van der Waals surface area contributed by atoms with E-state index in [0.717, 1.165) is 25.3 Å². The highest BCUT2D eigenvalue weighted by atomic mass is 35.5. The average molecular weight is 400 g/mol. The van der Waals surface area contributed by atoms with E-state index >= 15 is 0 Å². The van der Waals surface area contributed by atoms with E-state index in [0.29, 0.717) is 79.2 Å². The second kappa shape index (κ2) is 25.0. The van der Waals surface area contributed by atoms with Crippen LogP contribution >= 0.6 is 11.6 Å². The summed E-state index contributed by atoms with van der Waals surface area (Å²) >= 11 is 5.62. The van der Waals surface area contributed by atoms with Gasteiger partial charge in [-0.15, -0.1) is 11.6 Å². The van der Waals surface area contributed by atoms with Gasteiger partial charge in [0.05, 0.1) is 72.7 Å². The Morgan fingerprint density at radius 2 is 0.769 bits per heavy atom. The largest absolute Gasteiger partial charge is 0.379 e. The maximum atomic E-state index is 5.62. The van der Waals surface area contributed by atoms with Gasteiger partial charge < -0.3 is 34.2 Å². The lowest BCUT2D eigenvalue weighted by Crippen LogP contribution is -2.15. The minimum absolute atomic E-state index is 0.539. The second-order valence-corrected chi connectivity index (χ2v) is 5.94. The van der Waals surface area contributed by atoms with Crippen molar-refractivity contribution in [2.24, 2.45) is 5.73 Å². The zero-order chi connectivity index (χ0) is 19.0. The van der Waals surface area contributed by atoms with Crippen molar-refractivity contribution in [2.75, 3.05) is 91.7 Å². The van der Waals surface area contributed by atoms with Gasteiger partial charge in [0.2, 0.25) is 0 Å². The highest BCUT2D eigenvalue weighted by Gasteiger charge is 1.94. The molecule has 0 saturated carbocycles. The second-order valence-electron chi connectivity index (χ2n) is 5.57. The summed E-state index contributed by atoms with van der Waals surface area (Å²) in [5.41, 5.74) is 5.30. The van der Waals surface area contributed by atoms with Crippen LogP contribution in [-0.4, -0.2) is 91.7 Å². The first-order valence-electron chi connectivity index (χ1n) is 9.64. The van der Waals surface area contributed by atoms with Crippen LogP contribution in [0.2, 0.25) is 0 Å². The molecular formula is C18H38ClNO6. The van der Waals surface area contributed by atoms with Gasteiger partial charge in [0.1, 0.15) is 0 Å². The average Bonchev–Trinajstić information content (AvgIpc) is 2.66. The molecule has 0 rings (SSSR count). The van der Waals surface area contributed by atoms with Gasteiger partial charge in [-0.3, -0.25) is 0 Å². The van der Waals surface area contributed by atoms with Crippen molar-refractivity contribution in [3.63, 3.8) is 0 Å². The van der Waals surface area contributed by atoms with E-state index in [1.807, 2.05) is 0 Å². The lowest BCUT2D eigenvalue weighted by atomic mass is 10.2. The Balaban J connectivity index is 2.95. The Morgan fingerprint density at radius 1 is 0.423 bits per heavy atom. The Hall–Kier alpha value is 0.01000. The molecule has 0 spiro atoms. The fourth-order valence-electron chi connectivity index (χ4n) is 1.94. The molecule has 2 N–H and O–H groups in total. The van der Waals surface area contributed by atoms with Crippen LogP contribution < -0.4 is 5.73 Å². The van der Waals surface area contributed by atoms with Crippen molar-refractivity contribution in [2.45, 2.75) is 25.7 Å². The zero-order valence-electron chi connectivity index (χ0n) is 16.1. The van der Waals surface area contributed by atoms with Gasteiger partial charge in [-0.05, 0) is 12.8 Å². The fraction of sp³-hybridized carbons (Fsp3) is 1.00. The number of halogens is 1. The summed E-state index contributed by atoms with van der Waals surface area (Å²) in [4.78, 5) is 0. The van der Waals surface area contributed by atoms with Crippen LogP contribution in [0.15, 0.2) is 0 Å². The first-order valence-corrected chi connectivity index (χ1v) is 10.2. The zero-order valence-corrected chi connectivity index (χ0v) is 16.9. The normalized spacial score (nSPS) is 11.3. The van der Waals surface area contributed by atoms with Gasteiger partial charge in [0, 0.05) is 19.0 Å². The van der Waals surface area contributed by atoms with Gasteiger partial charge in [-0.2, -0.15) is 0 Å². The van der Waals surface area contributed by atoms with E-state index in [1.165, 1.54) is 12.8 Å². The molecule has 0 aromatic carbocycles. The van der Waals surface area contributed by atoms with Gasteiger partial charge in [-0.1, -0.05) is 12.8 Å². The van der Waals surface area contributed by atoms with Crippen LogP contribution in [-0.2, 0) is 28.4 Å². The van der Waals surface area contributed by atoms with Crippen LogP contribution in [0.1, 0.15) is 25.7 Å². The maximum Gasteiger partial charge on any atom is 0.0701 e. The number of unbranched alkanes of at least 4 members (excludes halogenated alkanes) is 3. The molecule has 0 fully saturated rings. The van der Waals surface area contributed by atoms with E-state index in [4.69, 9.17) is 45.8 Å². The molecule has 158 valence electrons. The lowest BCUT2D eigenvalue weighted by Gasteiger charge is -2.08. The molecule has 0 atom stereocenters. The highest BCUT2D eigenvalue weighted by molar-refractivity contribution is 6.17. The highest BCUT2D eigenvalue weighted by Crippen LogP contribution is 2.01. The summed E-state index contributed by atoms with van der Waals surface area (Å²) in [5, 5.41) is 0. The number of ether oxygens (including phenoxy) is 6. The molecular weight excluding hydrogens is 362 g/mol. The SMILES string of the molecule is NCCOCCOCCOCCOCCOCCOCCCCCCCl. The number of hydrogen-bond acceptors (Lipinski definition) is 7. The van der Waals surface area contributed by atoms with Crippen LogP contribution in [0.3, 0.4) is 0 Å². The first-order chi connectivity index (χ1) is 12.9. The molecule has 7 nitrogen and oxygen atoms in total. The standard InChI is InChI=1S/C18H38ClNO6/c19-5-3-1-2-4-7-21-9-11-23-13-15-25-17-18-26-16-14-24-12-10-22-8-6-20/h1-18,20H2. The molecule has 0 aliphatic rings. The van der Waals surface area contributed by atoms with Crippen LogP contribution in [0, 0.1) is 0 Å². The number of hydrogen-bond donors (Lipinski definition) is 1. The van der Waals surface area contributed by atoms with Crippen LogP contribution in [0.5, 0.6) is 0 Å². The minimum atomic E-state index is 0.539. The summed E-state index contributed by atoms with van der Waals surface area (Å²) in [6.45, 7) is 7.65. The summed E-state index contributed by atoms with van der Waals surface area (Å²) < 4.78 is 32.2. The van der Waals surface area contributed by atoms with E-state index in [9.17, 15) is 0 Å². The molecule has 0 heterocycles. The minimum Gasteiger partial charge on any atom is -0.379 e. The van der Waals surface area contributed by atoms with Gasteiger partial charge in [0.15, 0.2) is 0 Å². The third-order valence-electron chi connectivity index (χ3n) is 3.29. The van der Waals surface area contributed by atoms with Crippen molar-refractivity contribution < 1.29 is 28.4 Å². The predicted molar refractivity (Wildman–Crippen MR) is 103 cm³/mol. The Bertz CT molecular complexity index is 228. The smallest absolute Gasteiger partial charge is 0.0701 e. The van der Waals surface area contributed by atoms with Crippen LogP contribution in [0.25, 0.3) is 0 Å². The topological polar surface area (TPSA) is 81.4 Å². The summed E-state index contributed by atoms with van der Waals surface area (Å²) in [6.07, 6.45) is 4.54. The molecule has 0 aromatic heterocycles. The first kappa shape index (κ1) is 26.0. The number of nitrogens with two attached hydrogens (primary N) is 1. The van der Waals surface area contributed by atoms with Crippen molar-refractivity contribution in [1.29, 1.82) is 0 Å². The van der Waals surface area contributed by atoms with Crippen molar-refractivity contribution in [3.8, 4) is 0 Å². The quantitative estimate of drug-likeness (QED) is 0.207. The maximum absolute atomic E-state index is 5.62. The molecule has 0 unspecified atom stereocenters. The Labute approximate surface area is 163 Å². The van der Waals surface area contributed by atoms with Crippen molar-refractivity contribution >= 4 is 11.6 Å². The van der Waals surface area contributed by atoms with E-state index in [2.05, 4.69) is 0 Å². The fourth-order valence-corrected chi connectivity index (χ4v) is 2.13. The van der Waals surface area contributed by atoms with E-state index in [1.54, 1.807) is 0 Å². The molecule has 0 bridgehead atoms. The third-order valence-corrected chi connectivity index (χ3v) is 3.56. The van der Waals surface area contributed by atoms with Crippen molar-refractivity contribution in [3.05, 3.63) is 0 Å². The van der Waals surface area contributed by atoms with Gasteiger partial charge in [-0.25, -0.2) is 0 Å². The van der Waals surface area contributed by atoms with Crippen molar-refractivity contribution in [1.82, 2.24) is 0 Å². The Kier molecular flexibility index (Phi) is 25.0. The van der Waals surface area contributed by atoms with Crippen LogP contribution in [0.4, 0.5) is 0 Å². The molecule has 0 amide bonds. The summed E-state index contributed by atoms with van der Waals surface area (Å²) in [5.74, 6) is 0.753. The van der Waals surface area contributed by atoms with Gasteiger partial charge in [0.25, 0.3) is 0 Å². The summed E-state index contributed by atoms with van der Waals surface area (Å²) in [6, 6.07) is 0. The number of rotatable bonds is 23. The summed E-state index contributed by atoms with van der Waals surface area (Å²) in [7, 11) is 0. The number of alkyl halides is 1. The molecule has 0 aromatic rings. The monoisotopic (exact) mass is 399 g/mol. The molecule has 0 radical (unpaired) electrons. The molecule has 8 heteroatoms. The molecule has 0 aliphatic carbocycles. The van der Waals surface area contributed by atoms with E-state index < -0.39 is 0 Å². The third kappa shape index (κ3) is 24.0. The Morgan fingerprint density at radius 3 is 1.15 bits per heavy atom. The lowest BCUT2D eigenvalue weighted by molar-refractivity contribution is -0.0165. The molecule has 0 saturated heterocycles. The molecule has 0 aliphatic heterocycles.